The van der Waals surface area contributed by atoms with Gasteiger partial charge in [-0.15, -0.1) is 11.3 Å². The van der Waals surface area contributed by atoms with Crippen LogP contribution in [0.25, 0.3) is 10.6 Å². The molecule has 1 amide bonds. The van der Waals surface area contributed by atoms with Crippen molar-refractivity contribution in [1.82, 2.24) is 10.3 Å². The summed E-state index contributed by atoms with van der Waals surface area (Å²) in [4.78, 5) is 26.1. The third-order valence-electron chi connectivity index (χ3n) is 2.35. The number of nitrogens with one attached hydrogen (secondary N) is 1. The van der Waals surface area contributed by atoms with Crippen molar-refractivity contribution in [3.63, 3.8) is 0 Å². The van der Waals surface area contributed by atoms with Gasteiger partial charge in [0.05, 0.1) is 12.1 Å². The number of aromatic nitrogens is 1. The molecular weight excluding hydrogens is 264 g/mol. The summed E-state index contributed by atoms with van der Waals surface area (Å²) in [5.74, 6) is -1.40. The molecular formula is C13H12N2O3S. The number of rotatable bonds is 5. The molecule has 0 saturated heterocycles. The van der Waals surface area contributed by atoms with E-state index < -0.39 is 5.97 Å². The number of carbonyl (C=O) groups is 2. The van der Waals surface area contributed by atoms with Gasteiger partial charge < -0.3 is 10.4 Å². The Morgan fingerprint density at radius 2 is 2.00 bits per heavy atom. The topological polar surface area (TPSA) is 79.3 Å². The Bertz CT molecular complexity index is 581. The maximum atomic E-state index is 11.5. The molecule has 0 radical (unpaired) electrons. The summed E-state index contributed by atoms with van der Waals surface area (Å²) in [7, 11) is 0. The van der Waals surface area contributed by atoms with Gasteiger partial charge in [-0.2, -0.15) is 0 Å². The number of aliphatic carboxylic acids is 1. The molecule has 0 saturated carbocycles. The predicted molar refractivity (Wildman–Crippen MR) is 71.9 cm³/mol. The monoisotopic (exact) mass is 276 g/mol. The summed E-state index contributed by atoms with van der Waals surface area (Å²) < 4.78 is 0. The van der Waals surface area contributed by atoms with E-state index in [0.29, 0.717) is 5.69 Å². The summed E-state index contributed by atoms with van der Waals surface area (Å²) >= 11 is 1.46. The van der Waals surface area contributed by atoms with Crippen LogP contribution >= 0.6 is 11.3 Å². The molecule has 2 aromatic rings. The minimum atomic E-state index is -1.06. The third-order valence-corrected chi connectivity index (χ3v) is 3.29. The first-order valence-corrected chi connectivity index (χ1v) is 6.51. The van der Waals surface area contributed by atoms with E-state index in [0.717, 1.165) is 10.6 Å². The lowest BCUT2D eigenvalue weighted by Gasteiger charge is -1.99. The number of hydrogen-bond acceptors (Lipinski definition) is 4. The first-order valence-electron chi connectivity index (χ1n) is 5.63. The van der Waals surface area contributed by atoms with E-state index in [1.54, 1.807) is 0 Å². The molecule has 2 N–H and O–H groups in total. The number of nitrogens with zero attached hydrogens (tertiary/aromatic N) is 1. The zero-order chi connectivity index (χ0) is 13.7. The lowest BCUT2D eigenvalue weighted by atomic mass is 10.2. The lowest BCUT2D eigenvalue weighted by molar-refractivity contribution is -0.137. The van der Waals surface area contributed by atoms with E-state index in [9.17, 15) is 9.59 Å². The number of amides is 1. The van der Waals surface area contributed by atoms with Crippen LogP contribution in [0.2, 0.25) is 0 Å². The Kier molecular flexibility index (Phi) is 4.25. The predicted octanol–water partition coefficient (Wildman–Crippen LogP) is 1.55. The van der Waals surface area contributed by atoms with Gasteiger partial charge in [0, 0.05) is 10.9 Å². The molecule has 1 aromatic heterocycles. The fourth-order valence-corrected chi connectivity index (χ4v) is 2.33. The number of benzene rings is 1. The quantitative estimate of drug-likeness (QED) is 0.868. The first kappa shape index (κ1) is 13.2. The van der Waals surface area contributed by atoms with Crippen LogP contribution in [0.15, 0.2) is 35.7 Å². The van der Waals surface area contributed by atoms with Crippen molar-refractivity contribution in [1.29, 1.82) is 0 Å². The molecule has 0 aliphatic heterocycles. The zero-order valence-electron chi connectivity index (χ0n) is 10.00. The van der Waals surface area contributed by atoms with Gasteiger partial charge in [-0.05, 0) is 0 Å². The maximum Gasteiger partial charge on any atom is 0.322 e. The average molecular weight is 276 g/mol. The van der Waals surface area contributed by atoms with Crippen molar-refractivity contribution < 1.29 is 14.7 Å². The second-order valence-corrected chi connectivity index (χ2v) is 4.72. The summed E-state index contributed by atoms with van der Waals surface area (Å²) in [5, 5.41) is 13.4. The molecule has 0 aliphatic carbocycles. The van der Waals surface area contributed by atoms with Gasteiger partial charge >= 0.3 is 5.97 Å². The minimum absolute atomic E-state index is 0.0939. The Morgan fingerprint density at radius 3 is 2.68 bits per heavy atom. The molecule has 0 atom stereocenters. The van der Waals surface area contributed by atoms with Gasteiger partial charge in [0.2, 0.25) is 5.91 Å². The van der Waals surface area contributed by atoms with Crippen LogP contribution < -0.4 is 5.32 Å². The van der Waals surface area contributed by atoms with Crippen LogP contribution in [-0.4, -0.2) is 28.5 Å². The summed E-state index contributed by atoms with van der Waals surface area (Å²) in [6.07, 6.45) is 0.0939. The van der Waals surface area contributed by atoms with E-state index in [1.807, 2.05) is 35.7 Å². The third kappa shape index (κ3) is 3.89. The lowest BCUT2D eigenvalue weighted by Crippen LogP contribution is -2.30. The van der Waals surface area contributed by atoms with E-state index in [4.69, 9.17) is 5.11 Å². The van der Waals surface area contributed by atoms with E-state index in [1.165, 1.54) is 11.3 Å². The summed E-state index contributed by atoms with van der Waals surface area (Å²) in [6.45, 7) is -0.367. The van der Waals surface area contributed by atoms with Crippen LogP contribution in [0.1, 0.15) is 5.69 Å². The number of carboxylic acids is 1. The van der Waals surface area contributed by atoms with Gasteiger partial charge in [-0.25, -0.2) is 4.98 Å². The van der Waals surface area contributed by atoms with Crippen LogP contribution in [0, 0.1) is 0 Å². The van der Waals surface area contributed by atoms with Crippen molar-refractivity contribution in [2.24, 2.45) is 0 Å². The average Bonchev–Trinajstić information content (AvgIpc) is 2.86. The van der Waals surface area contributed by atoms with E-state index >= 15 is 0 Å². The second-order valence-electron chi connectivity index (χ2n) is 3.86. The molecule has 0 unspecified atom stereocenters. The number of thiazole rings is 1. The Labute approximate surface area is 113 Å². The molecule has 0 bridgehead atoms. The summed E-state index contributed by atoms with van der Waals surface area (Å²) in [5.41, 5.74) is 1.65. The second kappa shape index (κ2) is 6.10. The highest BCUT2D eigenvalue weighted by atomic mass is 32.1. The van der Waals surface area contributed by atoms with Gasteiger partial charge in [0.15, 0.2) is 0 Å². The normalized spacial score (nSPS) is 10.1. The Morgan fingerprint density at radius 1 is 1.26 bits per heavy atom. The standard InChI is InChI=1S/C13H12N2O3S/c16-11(14-7-12(17)18)6-10-8-19-13(15-10)9-4-2-1-3-5-9/h1-5,8H,6-7H2,(H,14,16)(H,17,18). The number of carboxylic acid groups (broad SMARTS) is 1. The molecule has 1 aromatic carbocycles. The highest BCUT2D eigenvalue weighted by molar-refractivity contribution is 7.13. The Hall–Kier alpha value is -2.21. The van der Waals surface area contributed by atoms with Gasteiger partial charge in [0.1, 0.15) is 11.6 Å². The van der Waals surface area contributed by atoms with Gasteiger partial charge in [-0.1, -0.05) is 30.3 Å². The highest BCUT2D eigenvalue weighted by Gasteiger charge is 2.09. The van der Waals surface area contributed by atoms with Crippen LogP contribution in [0.3, 0.4) is 0 Å². The van der Waals surface area contributed by atoms with E-state index in [2.05, 4.69) is 10.3 Å². The van der Waals surface area contributed by atoms with Crippen LogP contribution in [-0.2, 0) is 16.0 Å². The molecule has 0 spiro atoms. The van der Waals surface area contributed by atoms with Crippen LogP contribution in [0.4, 0.5) is 0 Å². The minimum Gasteiger partial charge on any atom is -0.480 e. The zero-order valence-corrected chi connectivity index (χ0v) is 10.8. The fourth-order valence-electron chi connectivity index (χ4n) is 1.50. The van der Waals surface area contributed by atoms with Crippen molar-refractivity contribution in [3.05, 3.63) is 41.4 Å². The molecule has 19 heavy (non-hydrogen) atoms. The smallest absolute Gasteiger partial charge is 0.322 e. The van der Waals surface area contributed by atoms with E-state index in [-0.39, 0.29) is 18.9 Å². The van der Waals surface area contributed by atoms with Crippen molar-refractivity contribution in [2.75, 3.05) is 6.54 Å². The molecule has 98 valence electrons. The van der Waals surface area contributed by atoms with Gasteiger partial charge in [-0.3, -0.25) is 9.59 Å². The molecule has 2 rings (SSSR count). The van der Waals surface area contributed by atoms with Crippen LogP contribution in [0.5, 0.6) is 0 Å². The highest BCUT2D eigenvalue weighted by Crippen LogP contribution is 2.23. The van der Waals surface area contributed by atoms with Crippen molar-refractivity contribution >= 4 is 23.2 Å². The number of hydrogen-bond donors (Lipinski definition) is 2. The first-order chi connectivity index (χ1) is 9.15. The molecule has 6 heteroatoms. The SMILES string of the molecule is O=C(O)CNC(=O)Cc1csc(-c2ccccc2)n1. The molecule has 5 nitrogen and oxygen atoms in total. The summed E-state index contributed by atoms with van der Waals surface area (Å²) in [6, 6.07) is 9.68. The molecule has 0 aliphatic rings. The number of carbonyl (C=O) groups excluding carboxylic acids is 1. The largest absolute Gasteiger partial charge is 0.480 e. The maximum absolute atomic E-state index is 11.5. The molecule has 1 heterocycles. The van der Waals surface area contributed by atoms with Gasteiger partial charge in [0.25, 0.3) is 0 Å². The van der Waals surface area contributed by atoms with Crippen molar-refractivity contribution in [2.45, 2.75) is 6.42 Å². The Balaban J connectivity index is 1.98. The fraction of sp³-hybridized carbons (Fsp3) is 0.154. The molecule has 0 fully saturated rings. The van der Waals surface area contributed by atoms with Crippen molar-refractivity contribution in [3.8, 4) is 10.6 Å².